The first kappa shape index (κ1) is 22.6. The second kappa shape index (κ2) is 9.84. The molecule has 0 radical (unpaired) electrons. The average molecular weight is 441 g/mol. The van der Waals surface area contributed by atoms with Crippen LogP contribution < -0.4 is 9.62 Å². The number of aryl methyl sites for hydroxylation is 1. The Hall–Kier alpha value is -3.05. The van der Waals surface area contributed by atoms with Crippen LogP contribution in [0.15, 0.2) is 47.4 Å². The van der Waals surface area contributed by atoms with Crippen LogP contribution in [0, 0.1) is 18.3 Å². The van der Waals surface area contributed by atoms with E-state index in [0.717, 1.165) is 43.6 Å². The highest BCUT2D eigenvalue weighted by Gasteiger charge is 2.22. The molecule has 1 aliphatic heterocycles. The van der Waals surface area contributed by atoms with Crippen LogP contribution in [0.25, 0.3) is 0 Å². The molecule has 0 unspecified atom stereocenters. The van der Waals surface area contributed by atoms with Crippen molar-refractivity contribution in [1.82, 2.24) is 4.90 Å². The molecule has 31 heavy (non-hydrogen) atoms. The van der Waals surface area contributed by atoms with Gasteiger partial charge < -0.3 is 9.80 Å². The number of rotatable bonds is 7. The van der Waals surface area contributed by atoms with E-state index >= 15 is 0 Å². The lowest BCUT2D eigenvalue weighted by molar-refractivity contribution is 0.0798. The number of piperidine rings is 1. The summed E-state index contributed by atoms with van der Waals surface area (Å²) in [4.78, 5) is 16.6. The zero-order chi connectivity index (χ0) is 22.4. The highest BCUT2D eigenvalue weighted by atomic mass is 32.2. The summed E-state index contributed by atoms with van der Waals surface area (Å²) in [6, 6.07) is 13.8. The summed E-state index contributed by atoms with van der Waals surface area (Å²) in [6.07, 6.45) is 3.48. The second-order valence-electron chi connectivity index (χ2n) is 7.83. The zero-order valence-corrected chi connectivity index (χ0v) is 18.8. The molecule has 0 bridgehead atoms. The van der Waals surface area contributed by atoms with Crippen molar-refractivity contribution in [3.8, 4) is 6.07 Å². The number of sulfonamides is 1. The first-order valence-corrected chi connectivity index (χ1v) is 11.9. The minimum Gasteiger partial charge on any atom is -0.370 e. The first-order chi connectivity index (χ1) is 14.8. The van der Waals surface area contributed by atoms with Crippen LogP contribution in [0.3, 0.4) is 0 Å². The smallest absolute Gasteiger partial charge is 0.261 e. The first-order valence-electron chi connectivity index (χ1n) is 10.4. The topological polar surface area (TPSA) is 93.5 Å². The minimum absolute atomic E-state index is 0.172. The third-order valence-corrected chi connectivity index (χ3v) is 6.80. The van der Waals surface area contributed by atoms with Gasteiger partial charge in [0.25, 0.3) is 15.9 Å². The number of amides is 1. The number of nitrogens with one attached hydrogen (secondary N) is 1. The predicted molar refractivity (Wildman–Crippen MR) is 122 cm³/mol. The number of carbonyl (C=O) groups is 1. The molecule has 1 fully saturated rings. The summed E-state index contributed by atoms with van der Waals surface area (Å²) >= 11 is 0. The third-order valence-electron chi connectivity index (χ3n) is 5.42. The van der Waals surface area contributed by atoms with Crippen LogP contribution in [0.5, 0.6) is 0 Å². The molecular formula is C23H28N4O3S. The average Bonchev–Trinajstić information content (AvgIpc) is 2.77. The van der Waals surface area contributed by atoms with Gasteiger partial charge in [0.15, 0.2) is 0 Å². The fourth-order valence-corrected chi connectivity index (χ4v) is 4.69. The van der Waals surface area contributed by atoms with E-state index in [9.17, 15) is 13.2 Å². The van der Waals surface area contributed by atoms with Gasteiger partial charge in [0, 0.05) is 32.2 Å². The molecule has 1 amide bonds. The van der Waals surface area contributed by atoms with Crippen molar-refractivity contribution in [3.05, 3.63) is 53.6 Å². The quantitative estimate of drug-likeness (QED) is 0.707. The lowest BCUT2D eigenvalue weighted by Gasteiger charge is -2.31. The van der Waals surface area contributed by atoms with Gasteiger partial charge in [0.05, 0.1) is 28.8 Å². The van der Waals surface area contributed by atoms with Crippen molar-refractivity contribution in [2.75, 3.05) is 36.3 Å². The number of carbonyl (C=O) groups excluding carboxylic acids is 1. The van der Waals surface area contributed by atoms with E-state index in [1.807, 2.05) is 19.1 Å². The van der Waals surface area contributed by atoms with Gasteiger partial charge in [0.1, 0.15) is 0 Å². The fraction of sp³-hybridized carbons (Fsp3) is 0.391. The molecule has 8 heteroatoms. The second-order valence-corrected chi connectivity index (χ2v) is 9.52. The molecule has 1 saturated heterocycles. The number of nitriles is 1. The van der Waals surface area contributed by atoms with E-state index in [0.29, 0.717) is 17.8 Å². The maximum atomic E-state index is 13.0. The van der Waals surface area contributed by atoms with Crippen molar-refractivity contribution in [3.63, 3.8) is 0 Å². The van der Waals surface area contributed by atoms with Gasteiger partial charge in [-0.05, 0) is 56.5 Å². The van der Waals surface area contributed by atoms with Crippen LogP contribution >= 0.6 is 0 Å². The molecule has 164 valence electrons. The van der Waals surface area contributed by atoms with Crippen molar-refractivity contribution in [2.45, 2.75) is 37.5 Å². The predicted octanol–water partition coefficient (Wildman–Crippen LogP) is 3.77. The van der Waals surface area contributed by atoms with Crippen molar-refractivity contribution in [1.29, 1.82) is 5.26 Å². The molecule has 0 aromatic heterocycles. The zero-order valence-electron chi connectivity index (χ0n) is 18.0. The molecule has 1 N–H and O–H groups in total. The van der Waals surface area contributed by atoms with E-state index in [4.69, 9.17) is 5.26 Å². The summed E-state index contributed by atoms with van der Waals surface area (Å²) in [6.45, 7) is 3.90. The highest BCUT2D eigenvalue weighted by molar-refractivity contribution is 7.92. The molecule has 0 spiro atoms. The van der Waals surface area contributed by atoms with Gasteiger partial charge in [-0.3, -0.25) is 9.52 Å². The van der Waals surface area contributed by atoms with Crippen molar-refractivity contribution in [2.24, 2.45) is 0 Å². The fourth-order valence-electron chi connectivity index (χ4n) is 3.62. The Morgan fingerprint density at radius 2 is 1.81 bits per heavy atom. The molecule has 2 aromatic rings. The van der Waals surface area contributed by atoms with E-state index in [1.165, 1.54) is 4.90 Å². The Balaban J connectivity index is 1.96. The molecule has 1 heterocycles. The Bertz CT molecular complexity index is 1070. The standard InChI is InChI=1S/C23H28N4O3S/c1-18-7-10-20(11-8-18)31(29,30)25-21-17-19(23(28)26(2)14-6-13-24)9-12-22(21)27-15-4-3-5-16-27/h7-12,17,25H,3-6,14-16H2,1-2H3. The molecule has 0 aliphatic carbocycles. The normalized spacial score (nSPS) is 14.0. The van der Waals surface area contributed by atoms with E-state index < -0.39 is 10.0 Å². The van der Waals surface area contributed by atoms with Crippen molar-refractivity contribution >= 4 is 27.3 Å². The summed E-state index contributed by atoms with van der Waals surface area (Å²) in [5.74, 6) is -0.253. The highest BCUT2D eigenvalue weighted by Crippen LogP contribution is 2.32. The number of nitrogens with zero attached hydrogens (tertiary/aromatic N) is 3. The number of hydrogen-bond donors (Lipinski definition) is 1. The lowest BCUT2D eigenvalue weighted by Crippen LogP contribution is -2.31. The van der Waals surface area contributed by atoms with Crippen LogP contribution in [0.1, 0.15) is 41.6 Å². The molecule has 3 rings (SSSR count). The van der Waals surface area contributed by atoms with Gasteiger partial charge in [-0.15, -0.1) is 0 Å². The summed E-state index contributed by atoms with van der Waals surface area (Å²) in [7, 11) is -2.18. The SMILES string of the molecule is Cc1ccc(S(=O)(=O)Nc2cc(C(=O)N(C)CCC#N)ccc2N2CCCCC2)cc1. The molecule has 1 aliphatic rings. The molecule has 2 aromatic carbocycles. The third kappa shape index (κ3) is 5.56. The Morgan fingerprint density at radius 3 is 2.45 bits per heavy atom. The van der Waals surface area contributed by atoms with Crippen LogP contribution in [0.2, 0.25) is 0 Å². The van der Waals surface area contributed by atoms with Crippen LogP contribution in [0.4, 0.5) is 11.4 Å². The number of anilines is 2. The van der Waals surface area contributed by atoms with Gasteiger partial charge in [-0.2, -0.15) is 5.26 Å². The van der Waals surface area contributed by atoms with Gasteiger partial charge >= 0.3 is 0 Å². The molecule has 0 atom stereocenters. The maximum Gasteiger partial charge on any atom is 0.261 e. The van der Waals surface area contributed by atoms with E-state index in [-0.39, 0.29) is 17.2 Å². The van der Waals surface area contributed by atoms with Gasteiger partial charge in [0.2, 0.25) is 0 Å². The van der Waals surface area contributed by atoms with Crippen LogP contribution in [-0.4, -0.2) is 45.9 Å². The van der Waals surface area contributed by atoms with E-state index in [2.05, 4.69) is 9.62 Å². The van der Waals surface area contributed by atoms with E-state index in [1.54, 1.807) is 43.4 Å². The largest absolute Gasteiger partial charge is 0.370 e. The maximum absolute atomic E-state index is 13.0. The lowest BCUT2D eigenvalue weighted by atomic mass is 10.1. The summed E-state index contributed by atoms with van der Waals surface area (Å²) in [5, 5.41) is 8.77. The van der Waals surface area contributed by atoms with Gasteiger partial charge in [-0.1, -0.05) is 17.7 Å². The molecule has 0 saturated carbocycles. The summed E-state index contributed by atoms with van der Waals surface area (Å²) < 4.78 is 28.8. The van der Waals surface area contributed by atoms with Gasteiger partial charge in [-0.25, -0.2) is 8.42 Å². The molecular weight excluding hydrogens is 412 g/mol. The van der Waals surface area contributed by atoms with Crippen molar-refractivity contribution < 1.29 is 13.2 Å². The number of benzene rings is 2. The Morgan fingerprint density at radius 1 is 1.13 bits per heavy atom. The minimum atomic E-state index is -3.81. The monoisotopic (exact) mass is 440 g/mol. The van der Waals surface area contributed by atoms with Crippen LogP contribution in [-0.2, 0) is 10.0 Å². The molecule has 7 nitrogen and oxygen atoms in total. The Labute approximate surface area is 184 Å². The summed E-state index contributed by atoms with van der Waals surface area (Å²) in [5.41, 5.74) is 2.51. The Kier molecular flexibility index (Phi) is 7.18. The number of hydrogen-bond acceptors (Lipinski definition) is 5.